The van der Waals surface area contributed by atoms with E-state index >= 15 is 0 Å². The van der Waals surface area contributed by atoms with E-state index in [2.05, 4.69) is 10.6 Å². The van der Waals surface area contributed by atoms with Crippen molar-refractivity contribution < 1.29 is 9.59 Å². The van der Waals surface area contributed by atoms with Crippen molar-refractivity contribution in [2.45, 2.75) is 46.6 Å². The normalized spacial score (nSPS) is 10.7. The molecule has 0 bridgehead atoms. The molecule has 1 rings (SSSR count). The first-order valence-electron chi connectivity index (χ1n) is 7.20. The van der Waals surface area contributed by atoms with Gasteiger partial charge in [-0.25, -0.2) is 0 Å². The molecule has 2 amide bonds. The van der Waals surface area contributed by atoms with Crippen LogP contribution in [0.1, 0.15) is 50.9 Å². The van der Waals surface area contributed by atoms with E-state index in [9.17, 15) is 9.59 Å². The lowest BCUT2D eigenvalue weighted by molar-refractivity contribution is -0.120. The van der Waals surface area contributed by atoms with Gasteiger partial charge in [-0.2, -0.15) is 0 Å². The van der Waals surface area contributed by atoms with Crippen LogP contribution in [0.2, 0.25) is 0 Å². The quantitative estimate of drug-likeness (QED) is 0.838. The van der Waals surface area contributed by atoms with Gasteiger partial charge in [-0.15, -0.1) is 0 Å². The zero-order valence-electron chi connectivity index (χ0n) is 12.7. The van der Waals surface area contributed by atoms with E-state index in [4.69, 9.17) is 0 Å². The highest BCUT2D eigenvalue weighted by molar-refractivity contribution is 6.04. The Bertz CT molecular complexity index is 465. The minimum atomic E-state index is -0.166. The summed E-state index contributed by atoms with van der Waals surface area (Å²) in [6.45, 7) is 7.79. The summed E-state index contributed by atoms with van der Waals surface area (Å²) in [5, 5.41) is 5.71. The molecule has 0 aromatic heterocycles. The molecule has 110 valence electrons. The van der Waals surface area contributed by atoms with E-state index in [0.29, 0.717) is 11.3 Å². The second kappa shape index (κ2) is 7.68. The fraction of sp³-hybridized carbons (Fsp3) is 0.500. The van der Waals surface area contributed by atoms with Gasteiger partial charge in [0.15, 0.2) is 0 Å². The summed E-state index contributed by atoms with van der Waals surface area (Å²) >= 11 is 0. The lowest BCUT2D eigenvalue weighted by Gasteiger charge is -2.16. The number of para-hydroxylation sites is 1. The van der Waals surface area contributed by atoms with E-state index in [1.165, 1.54) is 0 Å². The third kappa shape index (κ3) is 4.37. The minimum absolute atomic E-state index is 0.0174. The molecule has 0 aliphatic heterocycles. The first-order chi connectivity index (χ1) is 9.49. The number of nitrogens with one attached hydrogen (secondary N) is 2. The summed E-state index contributed by atoms with van der Waals surface area (Å²) in [5.74, 6) is -0.212. The van der Waals surface area contributed by atoms with Crippen molar-refractivity contribution in [1.82, 2.24) is 5.32 Å². The molecule has 0 heterocycles. The summed E-state index contributed by atoms with van der Waals surface area (Å²) in [5.41, 5.74) is 1.07. The van der Waals surface area contributed by atoms with Crippen molar-refractivity contribution in [1.29, 1.82) is 0 Å². The predicted molar refractivity (Wildman–Crippen MR) is 81.7 cm³/mol. The van der Waals surface area contributed by atoms with Gasteiger partial charge in [0, 0.05) is 12.0 Å². The Kier molecular flexibility index (Phi) is 6.22. The zero-order chi connectivity index (χ0) is 15.1. The molecule has 4 nitrogen and oxygen atoms in total. The van der Waals surface area contributed by atoms with Crippen molar-refractivity contribution >= 4 is 17.5 Å². The fourth-order valence-corrected chi connectivity index (χ4v) is 2.02. The van der Waals surface area contributed by atoms with Gasteiger partial charge in [-0.05, 0) is 38.8 Å². The molecule has 0 spiro atoms. The van der Waals surface area contributed by atoms with Gasteiger partial charge in [-0.3, -0.25) is 9.59 Å². The van der Waals surface area contributed by atoms with Crippen LogP contribution in [0.15, 0.2) is 24.3 Å². The Hall–Kier alpha value is -1.84. The average molecular weight is 276 g/mol. The van der Waals surface area contributed by atoms with E-state index in [1.54, 1.807) is 18.2 Å². The lowest BCUT2D eigenvalue weighted by atomic mass is 10.0. The molecule has 0 unspecified atom stereocenters. The first-order valence-corrected chi connectivity index (χ1v) is 7.20. The highest BCUT2D eigenvalue weighted by Crippen LogP contribution is 2.18. The Morgan fingerprint density at radius 3 is 2.25 bits per heavy atom. The number of hydrogen-bond donors (Lipinski definition) is 2. The van der Waals surface area contributed by atoms with Crippen LogP contribution in [0.5, 0.6) is 0 Å². The average Bonchev–Trinajstić information content (AvgIpc) is 2.39. The first kappa shape index (κ1) is 16.2. The van der Waals surface area contributed by atoms with Crippen molar-refractivity contribution in [2.24, 2.45) is 5.92 Å². The molecular formula is C16H24N2O2. The Balaban J connectivity index is 2.90. The fourth-order valence-electron chi connectivity index (χ4n) is 2.02. The molecule has 0 saturated heterocycles. The highest BCUT2D eigenvalue weighted by atomic mass is 16.2. The molecule has 4 heteroatoms. The molecule has 0 saturated carbocycles. The second-order valence-corrected chi connectivity index (χ2v) is 5.18. The van der Waals surface area contributed by atoms with Crippen LogP contribution in [0.3, 0.4) is 0 Å². The van der Waals surface area contributed by atoms with Crippen LogP contribution >= 0.6 is 0 Å². The molecular weight excluding hydrogens is 252 g/mol. The predicted octanol–water partition coefficient (Wildman–Crippen LogP) is 3.20. The van der Waals surface area contributed by atoms with Crippen LogP contribution in [0.4, 0.5) is 5.69 Å². The lowest BCUT2D eigenvalue weighted by Crippen LogP contribution is -2.31. The third-order valence-corrected chi connectivity index (χ3v) is 3.21. The smallest absolute Gasteiger partial charge is 0.253 e. The van der Waals surface area contributed by atoms with Gasteiger partial charge in [-0.1, -0.05) is 26.0 Å². The van der Waals surface area contributed by atoms with E-state index < -0.39 is 0 Å². The van der Waals surface area contributed by atoms with Crippen molar-refractivity contribution in [3.8, 4) is 0 Å². The van der Waals surface area contributed by atoms with E-state index in [-0.39, 0.29) is 23.8 Å². The summed E-state index contributed by atoms with van der Waals surface area (Å²) < 4.78 is 0. The van der Waals surface area contributed by atoms with Crippen LogP contribution in [0, 0.1) is 5.92 Å². The molecule has 0 atom stereocenters. The maximum absolute atomic E-state index is 12.1. The number of benzene rings is 1. The number of carbonyl (C=O) groups is 2. The number of anilines is 1. The third-order valence-electron chi connectivity index (χ3n) is 3.21. The van der Waals surface area contributed by atoms with Crippen molar-refractivity contribution in [3.63, 3.8) is 0 Å². The van der Waals surface area contributed by atoms with Gasteiger partial charge in [0.1, 0.15) is 0 Å². The molecule has 20 heavy (non-hydrogen) atoms. The number of amides is 2. The maximum atomic E-state index is 12.1. The highest BCUT2D eigenvalue weighted by Gasteiger charge is 2.17. The monoisotopic (exact) mass is 276 g/mol. The molecule has 0 aliphatic carbocycles. The van der Waals surface area contributed by atoms with Gasteiger partial charge >= 0.3 is 0 Å². The van der Waals surface area contributed by atoms with Crippen LogP contribution < -0.4 is 10.6 Å². The van der Waals surface area contributed by atoms with Crippen LogP contribution in [0.25, 0.3) is 0 Å². The summed E-state index contributed by atoms with van der Waals surface area (Å²) in [4.78, 5) is 24.2. The molecule has 1 aromatic carbocycles. The maximum Gasteiger partial charge on any atom is 0.253 e. The summed E-state index contributed by atoms with van der Waals surface area (Å²) in [6.07, 6.45) is 1.59. The zero-order valence-corrected chi connectivity index (χ0v) is 12.7. The van der Waals surface area contributed by atoms with Crippen molar-refractivity contribution in [3.05, 3.63) is 29.8 Å². The topological polar surface area (TPSA) is 58.2 Å². The Morgan fingerprint density at radius 2 is 1.70 bits per heavy atom. The molecule has 0 radical (unpaired) electrons. The van der Waals surface area contributed by atoms with E-state index in [0.717, 1.165) is 12.8 Å². The van der Waals surface area contributed by atoms with Gasteiger partial charge < -0.3 is 10.6 Å². The van der Waals surface area contributed by atoms with E-state index in [1.807, 2.05) is 33.8 Å². The SMILES string of the molecule is CCC(CC)C(=O)Nc1ccccc1C(=O)NC(C)C. The van der Waals surface area contributed by atoms with Crippen LogP contribution in [-0.2, 0) is 4.79 Å². The second-order valence-electron chi connectivity index (χ2n) is 5.18. The number of hydrogen-bond acceptors (Lipinski definition) is 2. The van der Waals surface area contributed by atoms with Crippen LogP contribution in [-0.4, -0.2) is 17.9 Å². The van der Waals surface area contributed by atoms with Gasteiger partial charge in [0.05, 0.1) is 11.3 Å². The molecule has 0 fully saturated rings. The minimum Gasteiger partial charge on any atom is -0.350 e. The number of carbonyl (C=O) groups excluding carboxylic acids is 2. The van der Waals surface area contributed by atoms with Gasteiger partial charge in [0.2, 0.25) is 5.91 Å². The number of rotatable bonds is 6. The largest absolute Gasteiger partial charge is 0.350 e. The molecule has 1 aromatic rings. The summed E-state index contributed by atoms with van der Waals surface area (Å²) in [7, 11) is 0. The molecule has 2 N–H and O–H groups in total. The van der Waals surface area contributed by atoms with Gasteiger partial charge in [0.25, 0.3) is 5.91 Å². The Morgan fingerprint density at radius 1 is 1.10 bits per heavy atom. The standard InChI is InChI=1S/C16H24N2O2/c1-5-12(6-2)15(19)18-14-10-8-7-9-13(14)16(20)17-11(3)4/h7-12H,5-6H2,1-4H3,(H,17,20)(H,18,19). The molecule has 0 aliphatic rings. The summed E-state index contributed by atoms with van der Waals surface area (Å²) in [6, 6.07) is 7.15. The van der Waals surface area contributed by atoms with Crippen molar-refractivity contribution in [2.75, 3.05) is 5.32 Å². The Labute approximate surface area is 121 Å².